The molecule has 0 amide bonds. The summed E-state index contributed by atoms with van der Waals surface area (Å²) in [6.45, 7) is 9.69. The molecule has 0 aliphatic carbocycles. The van der Waals surface area contributed by atoms with Gasteiger partial charge in [-0.05, 0) is 25.0 Å². The highest BCUT2D eigenvalue weighted by Gasteiger charge is 2.15. The normalized spacial score (nSPS) is 23.2. The Labute approximate surface area is 78.8 Å². The minimum absolute atomic E-state index is 0.558. The lowest BCUT2D eigenvalue weighted by Crippen LogP contribution is -2.09. The molecule has 1 fully saturated rings. The van der Waals surface area contributed by atoms with Crippen LogP contribution in [-0.4, -0.2) is 13.1 Å². The van der Waals surface area contributed by atoms with Gasteiger partial charge in [-0.1, -0.05) is 36.4 Å². The van der Waals surface area contributed by atoms with E-state index in [2.05, 4.69) is 18.5 Å². The Hall–Kier alpha value is -0.530. The zero-order valence-electron chi connectivity index (χ0n) is 7.15. The smallest absolute Gasteiger partial charge is 0.0334 e. The summed E-state index contributed by atoms with van der Waals surface area (Å²) in [7, 11) is 0. The first kappa shape index (κ1) is 9.56. The van der Waals surface area contributed by atoms with Crippen LogP contribution in [0.5, 0.6) is 0 Å². The zero-order valence-corrected chi connectivity index (χ0v) is 7.90. The molecule has 66 valence electrons. The summed E-state index contributed by atoms with van der Waals surface area (Å²) in [5.74, 6) is 0.581. The van der Waals surface area contributed by atoms with E-state index >= 15 is 0 Å². The minimum atomic E-state index is 0.558. The largest absolute Gasteiger partial charge is 0.316 e. The van der Waals surface area contributed by atoms with Crippen LogP contribution in [0.15, 0.2) is 35.9 Å². The number of halogens is 1. The first-order valence-electron chi connectivity index (χ1n) is 4.12. The Bertz CT molecular complexity index is 212. The summed E-state index contributed by atoms with van der Waals surface area (Å²) >= 11 is 5.59. The maximum atomic E-state index is 5.59. The highest BCUT2D eigenvalue weighted by molar-refractivity contribution is 6.30. The van der Waals surface area contributed by atoms with E-state index in [1.54, 1.807) is 6.08 Å². The van der Waals surface area contributed by atoms with Gasteiger partial charge in [0, 0.05) is 11.6 Å². The molecular weight excluding hydrogens is 170 g/mol. The van der Waals surface area contributed by atoms with Crippen molar-refractivity contribution >= 4 is 11.6 Å². The van der Waals surface area contributed by atoms with Gasteiger partial charge >= 0.3 is 0 Å². The second-order valence-corrected chi connectivity index (χ2v) is 3.53. The first-order valence-corrected chi connectivity index (χ1v) is 4.50. The molecule has 1 rings (SSSR count). The van der Waals surface area contributed by atoms with Crippen LogP contribution < -0.4 is 5.32 Å². The summed E-state index contributed by atoms with van der Waals surface area (Å²) < 4.78 is 0. The van der Waals surface area contributed by atoms with E-state index in [0.29, 0.717) is 11.0 Å². The Kier molecular flexibility index (Phi) is 3.57. The molecule has 1 unspecified atom stereocenters. The molecule has 1 heterocycles. The van der Waals surface area contributed by atoms with Crippen molar-refractivity contribution in [2.45, 2.75) is 6.42 Å². The highest BCUT2D eigenvalue weighted by atomic mass is 35.5. The topological polar surface area (TPSA) is 12.0 Å². The van der Waals surface area contributed by atoms with Crippen molar-refractivity contribution in [3.8, 4) is 0 Å². The van der Waals surface area contributed by atoms with Crippen LogP contribution in [0.2, 0.25) is 0 Å². The summed E-state index contributed by atoms with van der Waals surface area (Å²) in [6.07, 6.45) is 4.92. The van der Waals surface area contributed by atoms with Crippen molar-refractivity contribution < 1.29 is 0 Å². The van der Waals surface area contributed by atoms with E-state index in [-0.39, 0.29) is 0 Å². The van der Waals surface area contributed by atoms with Crippen LogP contribution in [-0.2, 0) is 0 Å². The van der Waals surface area contributed by atoms with Gasteiger partial charge in [-0.15, -0.1) is 0 Å². The average molecular weight is 184 g/mol. The molecule has 1 N–H and O–H groups in total. The molecule has 12 heavy (non-hydrogen) atoms. The maximum Gasteiger partial charge on any atom is 0.0334 e. The van der Waals surface area contributed by atoms with Gasteiger partial charge < -0.3 is 5.32 Å². The molecule has 1 aliphatic heterocycles. The van der Waals surface area contributed by atoms with E-state index in [0.717, 1.165) is 18.7 Å². The van der Waals surface area contributed by atoms with Gasteiger partial charge in [-0.25, -0.2) is 0 Å². The first-order chi connectivity index (χ1) is 5.70. The summed E-state index contributed by atoms with van der Waals surface area (Å²) in [5, 5.41) is 3.85. The lowest BCUT2D eigenvalue weighted by atomic mass is 9.99. The molecule has 1 saturated heterocycles. The van der Waals surface area contributed by atoms with Crippen LogP contribution in [0.3, 0.4) is 0 Å². The third-order valence-electron chi connectivity index (χ3n) is 2.06. The fourth-order valence-corrected chi connectivity index (χ4v) is 1.37. The van der Waals surface area contributed by atoms with Crippen molar-refractivity contribution in [2.24, 2.45) is 5.92 Å². The van der Waals surface area contributed by atoms with Gasteiger partial charge in [-0.2, -0.15) is 0 Å². The summed E-state index contributed by atoms with van der Waals surface area (Å²) in [6, 6.07) is 0. The number of hydrogen-bond acceptors (Lipinski definition) is 1. The molecule has 0 aromatic heterocycles. The van der Waals surface area contributed by atoms with Gasteiger partial charge in [-0.3, -0.25) is 0 Å². The average Bonchev–Trinajstić information content (AvgIpc) is 2.51. The maximum absolute atomic E-state index is 5.59. The molecular formula is C10H14ClN. The van der Waals surface area contributed by atoms with Crippen LogP contribution in [0, 0.1) is 5.92 Å². The van der Waals surface area contributed by atoms with Gasteiger partial charge in [0.15, 0.2) is 0 Å². The van der Waals surface area contributed by atoms with E-state index < -0.39 is 0 Å². The summed E-state index contributed by atoms with van der Waals surface area (Å²) in [4.78, 5) is 0. The quantitative estimate of drug-likeness (QED) is 0.663. The molecule has 2 heteroatoms. The van der Waals surface area contributed by atoms with E-state index in [1.165, 1.54) is 6.42 Å². The zero-order chi connectivity index (χ0) is 8.97. The number of allylic oxidation sites excluding steroid dienone is 3. The Balaban J connectivity index is 2.42. The Morgan fingerprint density at radius 3 is 2.67 bits per heavy atom. The lowest BCUT2D eigenvalue weighted by molar-refractivity contribution is 0.700. The SMILES string of the molecule is C=C(Cl)/C=C\C(=C)C1CCNC1. The standard InChI is InChI=1S/C10H14ClN/c1-8(3-4-9(2)11)10-5-6-12-7-10/h3-4,10,12H,1-2,5-7H2/b4-3-. The van der Waals surface area contributed by atoms with Crippen LogP contribution in [0.4, 0.5) is 0 Å². The fourth-order valence-electron chi connectivity index (χ4n) is 1.30. The van der Waals surface area contributed by atoms with Crippen molar-refractivity contribution in [1.82, 2.24) is 5.32 Å². The second-order valence-electron chi connectivity index (χ2n) is 3.04. The molecule has 0 radical (unpaired) electrons. The lowest BCUT2D eigenvalue weighted by Gasteiger charge is -2.06. The van der Waals surface area contributed by atoms with E-state index in [9.17, 15) is 0 Å². The molecule has 0 spiro atoms. The van der Waals surface area contributed by atoms with Crippen LogP contribution >= 0.6 is 11.6 Å². The van der Waals surface area contributed by atoms with Crippen molar-refractivity contribution in [1.29, 1.82) is 0 Å². The van der Waals surface area contributed by atoms with E-state index in [4.69, 9.17) is 11.6 Å². The minimum Gasteiger partial charge on any atom is -0.316 e. The van der Waals surface area contributed by atoms with Crippen molar-refractivity contribution in [3.05, 3.63) is 35.9 Å². The van der Waals surface area contributed by atoms with Crippen LogP contribution in [0.25, 0.3) is 0 Å². The Morgan fingerprint density at radius 1 is 1.42 bits per heavy atom. The molecule has 0 bridgehead atoms. The number of hydrogen-bond donors (Lipinski definition) is 1. The highest BCUT2D eigenvalue weighted by Crippen LogP contribution is 2.18. The third kappa shape index (κ3) is 2.84. The monoisotopic (exact) mass is 183 g/mol. The van der Waals surface area contributed by atoms with Gasteiger partial charge in [0.25, 0.3) is 0 Å². The molecule has 0 saturated carbocycles. The number of nitrogens with one attached hydrogen (secondary N) is 1. The molecule has 0 aromatic carbocycles. The number of rotatable bonds is 3. The van der Waals surface area contributed by atoms with Crippen LogP contribution in [0.1, 0.15) is 6.42 Å². The van der Waals surface area contributed by atoms with Gasteiger partial charge in [0.2, 0.25) is 0 Å². The third-order valence-corrected chi connectivity index (χ3v) is 2.19. The van der Waals surface area contributed by atoms with Crippen molar-refractivity contribution in [2.75, 3.05) is 13.1 Å². The molecule has 0 aromatic rings. The van der Waals surface area contributed by atoms with Gasteiger partial charge in [0.05, 0.1) is 0 Å². The predicted molar refractivity (Wildman–Crippen MR) is 54.2 cm³/mol. The fraction of sp³-hybridized carbons (Fsp3) is 0.400. The Morgan fingerprint density at radius 2 is 2.17 bits per heavy atom. The summed E-state index contributed by atoms with van der Waals surface area (Å²) in [5.41, 5.74) is 1.14. The molecule has 1 nitrogen and oxygen atoms in total. The molecule has 1 aliphatic rings. The van der Waals surface area contributed by atoms with Gasteiger partial charge in [0.1, 0.15) is 0 Å². The second kappa shape index (κ2) is 4.48. The van der Waals surface area contributed by atoms with E-state index in [1.807, 2.05) is 6.08 Å². The van der Waals surface area contributed by atoms with Crippen molar-refractivity contribution in [3.63, 3.8) is 0 Å². The predicted octanol–water partition coefficient (Wildman–Crippen LogP) is 2.46. The molecule has 1 atom stereocenters.